The Kier molecular flexibility index (Phi) is 6.04. The van der Waals surface area contributed by atoms with Crippen molar-refractivity contribution in [3.05, 3.63) is 0 Å². The summed E-state index contributed by atoms with van der Waals surface area (Å²) >= 11 is 0. The Labute approximate surface area is 129 Å². The quantitative estimate of drug-likeness (QED) is 0.784. The molecule has 0 aromatic heterocycles. The van der Waals surface area contributed by atoms with E-state index in [0.29, 0.717) is 18.2 Å². The monoisotopic (exact) mass is 293 g/mol. The van der Waals surface area contributed by atoms with Crippen molar-refractivity contribution < 1.29 is 4.74 Å². The van der Waals surface area contributed by atoms with E-state index in [1.165, 1.54) is 19.3 Å². The lowest BCUT2D eigenvalue weighted by Gasteiger charge is -2.38. The zero-order valence-electron chi connectivity index (χ0n) is 13.9. The molecule has 1 saturated carbocycles. The Bertz CT molecular complexity index is 366. The maximum Gasteiger partial charge on any atom is 0.106 e. The van der Waals surface area contributed by atoms with Gasteiger partial charge in [0.1, 0.15) is 5.54 Å². The predicted molar refractivity (Wildman–Crippen MR) is 85.1 cm³/mol. The molecular formula is C17H31N3O. The van der Waals surface area contributed by atoms with Crippen LogP contribution in [0, 0.1) is 11.3 Å². The standard InChI is InChI=1S/C17H31N3O/c1-4-17(13-18,19-14(2)3)9-6-10-20-11-12-21-16-8-5-7-15(16)20/h14-16,19H,4-12H2,1-3H3. The number of hydrogen-bond donors (Lipinski definition) is 1. The fraction of sp³-hybridized carbons (Fsp3) is 0.941. The maximum absolute atomic E-state index is 9.57. The van der Waals surface area contributed by atoms with Crippen LogP contribution >= 0.6 is 0 Å². The van der Waals surface area contributed by atoms with Crippen molar-refractivity contribution in [1.29, 1.82) is 5.26 Å². The molecule has 1 N–H and O–H groups in total. The summed E-state index contributed by atoms with van der Waals surface area (Å²) in [4.78, 5) is 2.61. The molecule has 1 aliphatic carbocycles. The SMILES string of the molecule is CCC(C#N)(CCCN1CCOC2CCCC21)NC(C)C. The fourth-order valence-corrected chi connectivity index (χ4v) is 3.94. The number of fused-ring (bicyclic) bond motifs is 1. The van der Waals surface area contributed by atoms with Crippen LogP contribution in [-0.4, -0.2) is 48.3 Å². The van der Waals surface area contributed by atoms with Gasteiger partial charge in [-0.3, -0.25) is 10.2 Å². The van der Waals surface area contributed by atoms with E-state index in [1.807, 2.05) is 0 Å². The van der Waals surface area contributed by atoms with Crippen molar-refractivity contribution in [1.82, 2.24) is 10.2 Å². The van der Waals surface area contributed by atoms with Crippen LogP contribution in [0.15, 0.2) is 0 Å². The van der Waals surface area contributed by atoms with Crippen LogP contribution in [0.25, 0.3) is 0 Å². The summed E-state index contributed by atoms with van der Waals surface area (Å²) < 4.78 is 5.87. The number of nitrogens with one attached hydrogen (secondary N) is 1. The second-order valence-electron chi connectivity index (χ2n) is 6.89. The van der Waals surface area contributed by atoms with Crippen molar-refractivity contribution in [2.45, 2.75) is 83.0 Å². The van der Waals surface area contributed by atoms with Crippen LogP contribution < -0.4 is 5.32 Å². The lowest BCUT2D eigenvalue weighted by atomic mass is 9.91. The normalized spacial score (nSPS) is 29.1. The van der Waals surface area contributed by atoms with Gasteiger partial charge in [-0.05, 0) is 58.9 Å². The van der Waals surface area contributed by atoms with Crippen molar-refractivity contribution in [3.8, 4) is 6.07 Å². The minimum Gasteiger partial charge on any atom is -0.375 e. The van der Waals surface area contributed by atoms with Gasteiger partial charge >= 0.3 is 0 Å². The molecule has 0 bridgehead atoms. The summed E-state index contributed by atoms with van der Waals surface area (Å²) in [5.74, 6) is 0. The van der Waals surface area contributed by atoms with E-state index in [1.54, 1.807) is 0 Å². The van der Waals surface area contributed by atoms with Crippen molar-refractivity contribution in [2.75, 3.05) is 19.7 Å². The average molecular weight is 293 g/mol. The number of hydrogen-bond acceptors (Lipinski definition) is 4. The summed E-state index contributed by atoms with van der Waals surface area (Å²) in [6.07, 6.45) is 7.19. The van der Waals surface area contributed by atoms with Gasteiger partial charge in [0, 0.05) is 18.6 Å². The van der Waals surface area contributed by atoms with Gasteiger partial charge in [0.2, 0.25) is 0 Å². The predicted octanol–water partition coefficient (Wildman–Crippen LogP) is 2.69. The smallest absolute Gasteiger partial charge is 0.106 e. The van der Waals surface area contributed by atoms with Gasteiger partial charge in [-0.1, -0.05) is 6.92 Å². The minimum absolute atomic E-state index is 0.352. The Morgan fingerprint density at radius 3 is 2.90 bits per heavy atom. The van der Waals surface area contributed by atoms with E-state index in [-0.39, 0.29) is 5.54 Å². The second kappa shape index (κ2) is 7.58. The van der Waals surface area contributed by atoms with Crippen LogP contribution in [0.4, 0.5) is 0 Å². The first-order chi connectivity index (χ1) is 10.1. The number of nitrogens with zero attached hydrogens (tertiary/aromatic N) is 2. The number of nitriles is 1. The van der Waals surface area contributed by atoms with Gasteiger partial charge in [0.25, 0.3) is 0 Å². The van der Waals surface area contributed by atoms with Gasteiger partial charge < -0.3 is 4.74 Å². The third-order valence-electron chi connectivity index (χ3n) is 5.03. The number of morpholine rings is 1. The zero-order chi connectivity index (χ0) is 15.3. The van der Waals surface area contributed by atoms with Gasteiger partial charge in [-0.25, -0.2) is 0 Å². The summed E-state index contributed by atoms with van der Waals surface area (Å²) in [6, 6.07) is 3.51. The number of ether oxygens (including phenoxy) is 1. The van der Waals surface area contributed by atoms with Crippen molar-refractivity contribution in [2.24, 2.45) is 0 Å². The molecule has 0 spiro atoms. The van der Waals surface area contributed by atoms with Crippen LogP contribution in [0.1, 0.15) is 59.3 Å². The topological polar surface area (TPSA) is 48.3 Å². The molecule has 3 atom stereocenters. The van der Waals surface area contributed by atoms with Crippen molar-refractivity contribution >= 4 is 0 Å². The Balaban J connectivity index is 1.83. The van der Waals surface area contributed by atoms with Gasteiger partial charge in [0.15, 0.2) is 0 Å². The molecule has 120 valence electrons. The highest BCUT2D eigenvalue weighted by molar-refractivity contribution is 5.07. The molecule has 0 aromatic rings. The van der Waals surface area contributed by atoms with E-state index in [0.717, 1.165) is 39.0 Å². The summed E-state index contributed by atoms with van der Waals surface area (Å²) in [7, 11) is 0. The van der Waals surface area contributed by atoms with Crippen molar-refractivity contribution in [3.63, 3.8) is 0 Å². The Hall–Kier alpha value is -0.630. The molecule has 21 heavy (non-hydrogen) atoms. The van der Waals surface area contributed by atoms with E-state index >= 15 is 0 Å². The third-order valence-corrected chi connectivity index (χ3v) is 5.03. The van der Waals surface area contributed by atoms with E-state index in [2.05, 4.69) is 37.1 Å². The zero-order valence-corrected chi connectivity index (χ0v) is 13.9. The molecule has 0 amide bonds. The largest absolute Gasteiger partial charge is 0.375 e. The summed E-state index contributed by atoms with van der Waals surface area (Å²) in [5.41, 5.74) is -0.352. The maximum atomic E-state index is 9.57. The molecule has 1 aliphatic heterocycles. The fourth-order valence-electron chi connectivity index (χ4n) is 3.94. The molecule has 0 radical (unpaired) electrons. The Morgan fingerprint density at radius 2 is 2.24 bits per heavy atom. The molecule has 2 fully saturated rings. The Morgan fingerprint density at radius 1 is 1.43 bits per heavy atom. The van der Waals surface area contributed by atoms with Crippen LogP contribution in [-0.2, 0) is 4.74 Å². The van der Waals surface area contributed by atoms with Gasteiger partial charge in [-0.15, -0.1) is 0 Å². The van der Waals surface area contributed by atoms with Crippen LogP contribution in [0.2, 0.25) is 0 Å². The lowest BCUT2D eigenvalue weighted by molar-refractivity contribution is -0.0561. The molecule has 2 aliphatic rings. The molecule has 3 unspecified atom stereocenters. The molecular weight excluding hydrogens is 262 g/mol. The van der Waals surface area contributed by atoms with E-state index in [4.69, 9.17) is 4.74 Å². The minimum atomic E-state index is -0.352. The molecule has 0 aromatic carbocycles. The highest BCUT2D eigenvalue weighted by Crippen LogP contribution is 2.30. The second-order valence-corrected chi connectivity index (χ2v) is 6.89. The molecule has 1 saturated heterocycles. The first-order valence-corrected chi connectivity index (χ1v) is 8.65. The van der Waals surface area contributed by atoms with E-state index in [9.17, 15) is 5.26 Å². The highest BCUT2D eigenvalue weighted by atomic mass is 16.5. The summed E-state index contributed by atoms with van der Waals surface area (Å²) in [6.45, 7) is 9.39. The number of rotatable bonds is 7. The summed E-state index contributed by atoms with van der Waals surface area (Å²) in [5, 5.41) is 13.0. The highest BCUT2D eigenvalue weighted by Gasteiger charge is 2.36. The third kappa shape index (κ3) is 4.18. The first kappa shape index (κ1) is 16.7. The lowest BCUT2D eigenvalue weighted by Crippen LogP contribution is -2.50. The molecule has 4 heteroatoms. The molecule has 1 heterocycles. The van der Waals surface area contributed by atoms with Crippen LogP contribution in [0.5, 0.6) is 0 Å². The average Bonchev–Trinajstić information content (AvgIpc) is 2.95. The first-order valence-electron chi connectivity index (χ1n) is 8.65. The van der Waals surface area contributed by atoms with Gasteiger partial charge in [-0.2, -0.15) is 5.26 Å². The van der Waals surface area contributed by atoms with E-state index < -0.39 is 0 Å². The molecule has 4 nitrogen and oxygen atoms in total. The van der Waals surface area contributed by atoms with Crippen LogP contribution in [0.3, 0.4) is 0 Å². The molecule has 2 rings (SSSR count). The van der Waals surface area contributed by atoms with Gasteiger partial charge in [0.05, 0.1) is 18.8 Å².